The lowest BCUT2D eigenvalue weighted by atomic mass is 9.92. The number of urea groups is 1. The van der Waals surface area contributed by atoms with Gasteiger partial charge in [-0.3, -0.25) is 9.69 Å². The van der Waals surface area contributed by atoms with E-state index in [0.717, 1.165) is 22.5 Å². The fourth-order valence-corrected chi connectivity index (χ4v) is 5.34. The van der Waals surface area contributed by atoms with Gasteiger partial charge in [0.1, 0.15) is 0 Å². The predicted octanol–water partition coefficient (Wildman–Crippen LogP) is 5.20. The number of aldehydes is 1. The van der Waals surface area contributed by atoms with Gasteiger partial charge < -0.3 is 15.7 Å². The Morgan fingerprint density at radius 2 is 1.57 bits per heavy atom. The zero-order chi connectivity index (χ0) is 25.3. The van der Waals surface area contributed by atoms with E-state index in [-0.39, 0.29) is 0 Å². The monoisotopic (exact) mass is 513 g/mol. The summed E-state index contributed by atoms with van der Waals surface area (Å²) in [5, 5.41) is 19.4. The lowest BCUT2D eigenvalue weighted by Gasteiger charge is -2.41. The summed E-state index contributed by atoms with van der Waals surface area (Å²) >= 11 is 3.17. The van der Waals surface area contributed by atoms with E-state index in [0.29, 0.717) is 31.5 Å². The molecular weight excluding hydrogens is 482 g/mol. The highest BCUT2D eigenvalue weighted by molar-refractivity contribution is 7.10. The number of rotatable bonds is 13. The van der Waals surface area contributed by atoms with E-state index in [2.05, 4.69) is 10.6 Å². The molecule has 2 amide bonds. The number of carboxylic acid groups (broad SMARTS) is 1. The number of nitrogens with one attached hydrogen (secondary N) is 2. The SMILES string of the molecule is CCCC[C@](C=O)(NC(=O)N[C@@](C)(C(=O)O)c1ccccc1)N(Cc1cccs1)Cc1cccs1. The van der Waals surface area contributed by atoms with Crippen LogP contribution in [0.15, 0.2) is 65.4 Å². The molecule has 186 valence electrons. The first-order chi connectivity index (χ1) is 16.8. The quantitative estimate of drug-likeness (QED) is 0.216. The van der Waals surface area contributed by atoms with Gasteiger partial charge in [0.05, 0.1) is 0 Å². The van der Waals surface area contributed by atoms with Gasteiger partial charge >= 0.3 is 12.0 Å². The van der Waals surface area contributed by atoms with Crippen LogP contribution in [0.2, 0.25) is 0 Å². The van der Waals surface area contributed by atoms with Crippen molar-refractivity contribution < 1.29 is 19.5 Å². The topological polar surface area (TPSA) is 98.7 Å². The molecular formula is C26H31N3O4S2. The van der Waals surface area contributed by atoms with E-state index in [4.69, 9.17) is 0 Å². The van der Waals surface area contributed by atoms with Crippen molar-refractivity contribution >= 4 is 41.0 Å². The van der Waals surface area contributed by atoms with E-state index in [1.165, 1.54) is 6.92 Å². The maximum atomic E-state index is 13.3. The highest BCUT2D eigenvalue weighted by Crippen LogP contribution is 2.27. The number of carbonyl (C=O) groups is 3. The molecule has 9 heteroatoms. The smallest absolute Gasteiger partial charge is 0.333 e. The molecule has 0 bridgehead atoms. The Labute approximate surface area is 213 Å². The summed E-state index contributed by atoms with van der Waals surface area (Å²) in [5.41, 5.74) is -2.55. The number of carbonyl (C=O) groups excluding carboxylic acids is 2. The molecule has 3 N–H and O–H groups in total. The molecule has 3 aromatic rings. The average molecular weight is 514 g/mol. The third-order valence-corrected chi connectivity index (χ3v) is 7.72. The van der Waals surface area contributed by atoms with Gasteiger partial charge in [-0.2, -0.15) is 0 Å². The number of thiophene rings is 2. The molecule has 0 saturated heterocycles. The van der Waals surface area contributed by atoms with Crippen molar-refractivity contribution in [1.82, 2.24) is 15.5 Å². The van der Waals surface area contributed by atoms with E-state index >= 15 is 0 Å². The normalized spacial score (nSPS) is 14.6. The Morgan fingerprint density at radius 1 is 0.971 bits per heavy atom. The minimum atomic E-state index is -1.67. The van der Waals surface area contributed by atoms with Gasteiger partial charge in [0.2, 0.25) is 0 Å². The number of hydrogen-bond donors (Lipinski definition) is 3. The maximum Gasteiger partial charge on any atom is 0.333 e. The molecule has 0 saturated carbocycles. The van der Waals surface area contributed by atoms with Crippen LogP contribution in [0.4, 0.5) is 4.79 Å². The van der Waals surface area contributed by atoms with E-state index < -0.39 is 23.2 Å². The second kappa shape index (κ2) is 12.1. The summed E-state index contributed by atoms with van der Waals surface area (Å²) in [4.78, 5) is 42.4. The summed E-state index contributed by atoms with van der Waals surface area (Å²) in [7, 11) is 0. The van der Waals surface area contributed by atoms with E-state index in [1.807, 2.05) is 46.8 Å². The number of unbranched alkanes of at least 4 members (excludes halogenated alkanes) is 1. The van der Waals surface area contributed by atoms with Gasteiger partial charge in [-0.15, -0.1) is 22.7 Å². The Kier molecular flexibility index (Phi) is 9.20. The first-order valence-electron chi connectivity index (χ1n) is 11.5. The zero-order valence-corrected chi connectivity index (χ0v) is 21.5. The van der Waals surface area contributed by atoms with Crippen LogP contribution in [0.5, 0.6) is 0 Å². The summed E-state index contributed by atoms with van der Waals surface area (Å²) in [5.74, 6) is -1.20. The predicted molar refractivity (Wildman–Crippen MR) is 139 cm³/mol. The van der Waals surface area contributed by atoms with Crippen molar-refractivity contribution in [3.63, 3.8) is 0 Å². The molecule has 3 rings (SSSR count). The Hall–Kier alpha value is -3.01. The maximum absolute atomic E-state index is 13.3. The zero-order valence-electron chi connectivity index (χ0n) is 19.9. The van der Waals surface area contributed by atoms with Gasteiger partial charge in [-0.1, -0.05) is 55.8 Å². The molecule has 0 unspecified atom stereocenters. The summed E-state index contributed by atoms with van der Waals surface area (Å²) < 4.78 is 0. The largest absolute Gasteiger partial charge is 0.479 e. The average Bonchev–Trinajstić information content (AvgIpc) is 3.56. The molecule has 0 radical (unpaired) electrons. The number of carboxylic acids is 1. The van der Waals surface area contributed by atoms with Crippen molar-refractivity contribution in [2.45, 2.75) is 57.4 Å². The summed E-state index contributed by atoms with van der Waals surface area (Å²) in [6, 6.07) is 15.7. The number of aliphatic carboxylic acids is 1. The Morgan fingerprint density at radius 3 is 2.03 bits per heavy atom. The molecule has 0 aliphatic rings. The first kappa shape index (κ1) is 26.6. The number of amides is 2. The number of nitrogens with zero attached hydrogens (tertiary/aromatic N) is 1. The lowest BCUT2D eigenvalue weighted by molar-refractivity contribution is -0.144. The molecule has 0 spiro atoms. The van der Waals surface area contributed by atoms with Crippen molar-refractivity contribution in [1.29, 1.82) is 0 Å². The van der Waals surface area contributed by atoms with Crippen LogP contribution in [0.25, 0.3) is 0 Å². The summed E-state index contributed by atoms with van der Waals surface area (Å²) in [6.07, 6.45) is 2.72. The minimum Gasteiger partial charge on any atom is -0.479 e. The third kappa shape index (κ3) is 6.56. The third-order valence-electron chi connectivity index (χ3n) is 6.00. The van der Waals surface area contributed by atoms with Gasteiger partial charge in [-0.25, -0.2) is 9.59 Å². The van der Waals surface area contributed by atoms with Crippen LogP contribution in [0, 0.1) is 0 Å². The van der Waals surface area contributed by atoms with Crippen molar-refractivity contribution in [2.75, 3.05) is 0 Å². The van der Waals surface area contributed by atoms with Gasteiger partial charge in [-0.05, 0) is 48.2 Å². The van der Waals surface area contributed by atoms with E-state index in [9.17, 15) is 19.5 Å². The molecule has 35 heavy (non-hydrogen) atoms. The van der Waals surface area contributed by atoms with Crippen LogP contribution < -0.4 is 10.6 Å². The van der Waals surface area contributed by atoms with Crippen LogP contribution in [0.1, 0.15) is 48.4 Å². The highest BCUT2D eigenvalue weighted by atomic mass is 32.1. The molecule has 7 nitrogen and oxygen atoms in total. The molecule has 0 aliphatic carbocycles. The molecule has 0 aliphatic heterocycles. The van der Waals surface area contributed by atoms with Crippen molar-refractivity contribution in [3.05, 3.63) is 80.7 Å². The van der Waals surface area contributed by atoms with Crippen LogP contribution in [-0.2, 0) is 28.2 Å². The fraction of sp³-hybridized carbons (Fsp3) is 0.346. The van der Waals surface area contributed by atoms with Crippen molar-refractivity contribution in [3.8, 4) is 0 Å². The molecule has 2 atom stereocenters. The van der Waals surface area contributed by atoms with E-state index in [1.54, 1.807) is 53.0 Å². The molecule has 2 heterocycles. The van der Waals surface area contributed by atoms with Gasteiger partial charge in [0.15, 0.2) is 17.5 Å². The summed E-state index contributed by atoms with van der Waals surface area (Å²) in [6.45, 7) is 4.39. The minimum absolute atomic E-state index is 0.395. The lowest BCUT2D eigenvalue weighted by Crippen LogP contribution is -2.65. The van der Waals surface area contributed by atoms with Crippen LogP contribution in [-0.4, -0.2) is 34.0 Å². The van der Waals surface area contributed by atoms with Gasteiger partial charge in [0, 0.05) is 22.8 Å². The molecule has 0 fully saturated rings. The number of benzene rings is 1. The fourth-order valence-electron chi connectivity index (χ4n) is 3.90. The number of hydrogen-bond acceptors (Lipinski definition) is 6. The molecule has 2 aromatic heterocycles. The van der Waals surface area contributed by atoms with Crippen LogP contribution >= 0.6 is 22.7 Å². The second-order valence-electron chi connectivity index (χ2n) is 8.54. The first-order valence-corrected chi connectivity index (χ1v) is 13.2. The highest BCUT2D eigenvalue weighted by Gasteiger charge is 2.42. The van der Waals surface area contributed by atoms with Gasteiger partial charge in [0.25, 0.3) is 0 Å². The Bertz CT molecular complexity index is 1050. The van der Waals surface area contributed by atoms with Crippen molar-refractivity contribution in [2.24, 2.45) is 0 Å². The second-order valence-corrected chi connectivity index (χ2v) is 10.6. The van der Waals surface area contributed by atoms with Crippen LogP contribution in [0.3, 0.4) is 0 Å². The molecule has 1 aromatic carbocycles. The Balaban J connectivity index is 1.93. The standard InChI is InChI=1S/C26H31N3O4S2/c1-3-4-14-26(19-30,29(17-21-12-8-15-34-21)18-22-13-9-16-35-22)28-24(33)27-25(2,23(31)32)20-10-6-5-7-11-20/h5-13,15-16,19H,3-4,14,17-18H2,1-2H3,(H,31,32)(H2,27,28,33)/t25-,26+/m1/s1.